The van der Waals surface area contributed by atoms with Crippen LogP contribution in [0, 0.1) is 5.92 Å². The number of amides is 1. The van der Waals surface area contributed by atoms with E-state index in [1.807, 2.05) is 17.1 Å². The van der Waals surface area contributed by atoms with Gasteiger partial charge in [0.05, 0.1) is 6.10 Å². The minimum Gasteiger partial charge on any atom is -0.392 e. The normalized spacial score (nSPS) is 26.1. The topological polar surface area (TPSA) is 52.6 Å². The predicted molar refractivity (Wildman–Crippen MR) is 59.9 cm³/mol. The third-order valence-electron chi connectivity index (χ3n) is 3.20. The first kappa shape index (κ1) is 15.2. The van der Waals surface area contributed by atoms with E-state index in [-0.39, 0.29) is 18.6 Å². The molecule has 0 spiro atoms. The fourth-order valence-electron chi connectivity index (χ4n) is 1.92. The number of carbonyl (C=O) groups excluding carboxylic acids is 1. The van der Waals surface area contributed by atoms with Gasteiger partial charge in [-0.05, 0) is 31.8 Å². The fraction of sp³-hybridized carbons (Fsp3) is 0.909. The minimum atomic E-state index is -4.81. The lowest BCUT2D eigenvalue weighted by Crippen LogP contribution is -2.44. The lowest BCUT2D eigenvalue weighted by Gasteiger charge is -2.34. The summed E-state index contributed by atoms with van der Waals surface area (Å²) in [5.41, 5.74) is 0. The molecule has 1 aliphatic rings. The van der Waals surface area contributed by atoms with E-state index in [2.05, 4.69) is 0 Å². The minimum absolute atomic E-state index is 0.000488. The number of likely N-dealkylation sites (tertiary alicyclic amines) is 1. The Bertz CT molecular complexity index is 284. The lowest BCUT2D eigenvalue weighted by atomic mass is 9.96. The fourth-order valence-corrected chi connectivity index (χ4v) is 1.92. The van der Waals surface area contributed by atoms with Crippen LogP contribution in [0.5, 0.6) is 0 Å². The molecule has 2 N–H and O–H groups in total. The van der Waals surface area contributed by atoms with E-state index in [0.717, 1.165) is 13.0 Å². The highest BCUT2D eigenvalue weighted by atomic mass is 19.4. The highest BCUT2D eigenvalue weighted by Gasteiger charge is 2.38. The monoisotopic (exact) mass is 268 g/mol. The Morgan fingerprint density at radius 2 is 2.17 bits per heavy atom. The van der Waals surface area contributed by atoms with E-state index >= 15 is 0 Å². The molecule has 1 saturated heterocycles. The van der Waals surface area contributed by atoms with Crippen LogP contribution in [0.15, 0.2) is 0 Å². The molecule has 1 heterocycles. The maximum Gasteiger partial charge on any atom is 0.471 e. The van der Waals surface area contributed by atoms with Gasteiger partial charge in [0, 0.05) is 13.1 Å². The number of nitrogens with zero attached hydrogens (tertiary/aromatic N) is 1. The second kappa shape index (κ2) is 6.38. The SMILES string of the molecule is CC1CCN(CCCNC(=O)C(F)(F)F)CC1O. The van der Waals surface area contributed by atoms with Gasteiger partial charge in [0.1, 0.15) is 0 Å². The Balaban J connectivity index is 2.14. The second-order valence-corrected chi connectivity index (χ2v) is 4.74. The van der Waals surface area contributed by atoms with Gasteiger partial charge in [0.25, 0.3) is 0 Å². The Labute approximate surface area is 104 Å². The van der Waals surface area contributed by atoms with Gasteiger partial charge in [-0.1, -0.05) is 6.92 Å². The summed E-state index contributed by atoms with van der Waals surface area (Å²) in [6.07, 6.45) is -3.85. The van der Waals surface area contributed by atoms with Crippen molar-refractivity contribution in [2.75, 3.05) is 26.2 Å². The predicted octanol–water partition coefficient (Wildman–Crippen LogP) is 0.758. The first-order valence-corrected chi connectivity index (χ1v) is 6.06. The van der Waals surface area contributed by atoms with Crippen LogP contribution in [0.25, 0.3) is 0 Å². The molecule has 1 rings (SSSR count). The zero-order valence-corrected chi connectivity index (χ0v) is 10.3. The standard InChI is InChI=1S/C11H19F3N2O2/c1-8-3-6-16(7-9(8)17)5-2-4-15-10(18)11(12,13)14/h8-9,17H,2-7H2,1H3,(H,15,18). The highest BCUT2D eigenvalue weighted by molar-refractivity contribution is 5.81. The maximum absolute atomic E-state index is 11.9. The summed E-state index contributed by atoms with van der Waals surface area (Å²) in [6, 6.07) is 0. The van der Waals surface area contributed by atoms with Gasteiger partial charge in [0.2, 0.25) is 0 Å². The van der Waals surface area contributed by atoms with Gasteiger partial charge in [-0.2, -0.15) is 13.2 Å². The second-order valence-electron chi connectivity index (χ2n) is 4.74. The molecule has 4 nitrogen and oxygen atoms in total. The van der Waals surface area contributed by atoms with Crippen molar-refractivity contribution in [2.45, 2.75) is 32.0 Å². The lowest BCUT2D eigenvalue weighted by molar-refractivity contribution is -0.173. The molecule has 7 heteroatoms. The number of rotatable bonds is 4. The van der Waals surface area contributed by atoms with Crippen molar-refractivity contribution in [3.63, 3.8) is 0 Å². The number of aliphatic hydroxyl groups excluding tert-OH is 1. The van der Waals surface area contributed by atoms with Gasteiger partial charge in [-0.25, -0.2) is 0 Å². The average Bonchev–Trinajstić information content (AvgIpc) is 2.27. The smallest absolute Gasteiger partial charge is 0.392 e. The third-order valence-corrected chi connectivity index (χ3v) is 3.20. The summed E-state index contributed by atoms with van der Waals surface area (Å²) < 4.78 is 35.6. The Hall–Kier alpha value is -0.820. The first-order valence-electron chi connectivity index (χ1n) is 6.06. The van der Waals surface area contributed by atoms with Gasteiger partial charge < -0.3 is 15.3 Å². The summed E-state index contributed by atoms with van der Waals surface area (Å²) >= 11 is 0. The summed E-state index contributed by atoms with van der Waals surface area (Å²) in [6.45, 7) is 3.95. The number of nitrogens with one attached hydrogen (secondary N) is 1. The number of aliphatic hydroxyl groups is 1. The van der Waals surface area contributed by atoms with Crippen LogP contribution in [0.4, 0.5) is 13.2 Å². The quantitative estimate of drug-likeness (QED) is 0.740. The van der Waals surface area contributed by atoms with Crippen LogP contribution in [-0.4, -0.2) is 54.4 Å². The van der Waals surface area contributed by atoms with Gasteiger partial charge >= 0.3 is 12.1 Å². The Morgan fingerprint density at radius 1 is 1.50 bits per heavy atom. The molecule has 0 bridgehead atoms. The zero-order chi connectivity index (χ0) is 13.8. The van der Waals surface area contributed by atoms with E-state index in [9.17, 15) is 23.1 Å². The largest absolute Gasteiger partial charge is 0.471 e. The van der Waals surface area contributed by atoms with Crippen molar-refractivity contribution < 1.29 is 23.1 Å². The zero-order valence-electron chi connectivity index (χ0n) is 10.3. The molecular weight excluding hydrogens is 249 g/mol. The van der Waals surface area contributed by atoms with Crippen molar-refractivity contribution >= 4 is 5.91 Å². The molecule has 0 aromatic carbocycles. The van der Waals surface area contributed by atoms with E-state index in [1.54, 1.807) is 0 Å². The van der Waals surface area contributed by atoms with E-state index in [1.165, 1.54) is 0 Å². The van der Waals surface area contributed by atoms with E-state index < -0.39 is 12.1 Å². The molecule has 1 aliphatic heterocycles. The summed E-state index contributed by atoms with van der Waals surface area (Å²) in [5.74, 6) is -1.62. The van der Waals surface area contributed by atoms with Crippen LogP contribution in [-0.2, 0) is 4.79 Å². The summed E-state index contributed by atoms with van der Waals surface area (Å²) in [4.78, 5) is 12.5. The Kier molecular flexibility index (Phi) is 5.40. The molecular formula is C11H19F3N2O2. The van der Waals surface area contributed by atoms with Crippen LogP contribution in [0.3, 0.4) is 0 Å². The molecule has 106 valence electrons. The summed E-state index contributed by atoms with van der Waals surface area (Å²) in [7, 11) is 0. The molecule has 1 fully saturated rings. The van der Waals surface area contributed by atoms with Gasteiger partial charge in [-0.3, -0.25) is 4.79 Å². The van der Waals surface area contributed by atoms with E-state index in [0.29, 0.717) is 19.5 Å². The van der Waals surface area contributed by atoms with Crippen molar-refractivity contribution in [1.29, 1.82) is 0 Å². The first-order chi connectivity index (χ1) is 8.30. The Morgan fingerprint density at radius 3 is 2.72 bits per heavy atom. The number of hydrogen-bond donors (Lipinski definition) is 2. The molecule has 0 aromatic heterocycles. The van der Waals surface area contributed by atoms with Gasteiger partial charge in [-0.15, -0.1) is 0 Å². The van der Waals surface area contributed by atoms with Crippen molar-refractivity contribution in [3.8, 4) is 0 Å². The van der Waals surface area contributed by atoms with E-state index in [4.69, 9.17) is 0 Å². The summed E-state index contributed by atoms with van der Waals surface area (Å²) in [5, 5.41) is 11.5. The molecule has 0 saturated carbocycles. The molecule has 0 aliphatic carbocycles. The van der Waals surface area contributed by atoms with Crippen LogP contribution >= 0.6 is 0 Å². The molecule has 0 aromatic rings. The molecule has 2 atom stereocenters. The number of carbonyl (C=O) groups is 1. The van der Waals surface area contributed by atoms with Crippen molar-refractivity contribution in [2.24, 2.45) is 5.92 Å². The number of halogens is 3. The number of piperidine rings is 1. The molecule has 1 amide bonds. The molecule has 18 heavy (non-hydrogen) atoms. The van der Waals surface area contributed by atoms with Crippen LogP contribution < -0.4 is 5.32 Å². The number of hydrogen-bond acceptors (Lipinski definition) is 3. The molecule has 2 unspecified atom stereocenters. The highest BCUT2D eigenvalue weighted by Crippen LogP contribution is 2.17. The van der Waals surface area contributed by atoms with Crippen LogP contribution in [0.2, 0.25) is 0 Å². The average molecular weight is 268 g/mol. The maximum atomic E-state index is 11.9. The third kappa shape index (κ3) is 4.81. The number of alkyl halides is 3. The van der Waals surface area contributed by atoms with Crippen LogP contribution in [0.1, 0.15) is 19.8 Å². The molecule has 0 radical (unpaired) electrons. The van der Waals surface area contributed by atoms with Gasteiger partial charge in [0.15, 0.2) is 0 Å². The van der Waals surface area contributed by atoms with Crippen molar-refractivity contribution in [3.05, 3.63) is 0 Å². The van der Waals surface area contributed by atoms with Crippen molar-refractivity contribution in [1.82, 2.24) is 10.2 Å². The number of β-amino-alcohol motifs (C(OH)–C–C–N with tert-alkyl or cyclic N) is 1.